The van der Waals surface area contributed by atoms with E-state index in [1.807, 2.05) is 18.2 Å². The van der Waals surface area contributed by atoms with Gasteiger partial charge in [-0.15, -0.1) is 0 Å². The van der Waals surface area contributed by atoms with Gasteiger partial charge in [-0.3, -0.25) is 9.69 Å². The molecule has 1 N–H and O–H groups in total. The smallest absolute Gasteiger partial charge is 0.234 e. The number of amides is 1. The predicted octanol–water partition coefficient (Wildman–Crippen LogP) is 3.13. The molecule has 2 aromatic carbocycles. The molecule has 2 aromatic rings. The number of ether oxygens (including phenoxy) is 1. The van der Waals surface area contributed by atoms with Crippen LogP contribution in [0.3, 0.4) is 0 Å². The number of nitrogens with zero attached hydrogens (tertiary/aromatic N) is 2. The molecular formula is C23H31N3O2. The third kappa shape index (κ3) is 5.49. The summed E-state index contributed by atoms with van der Waals surface area (Å²) in [5, 5.41) is 3.13. The molecule has 28 heavy (non-hydrogen) atoms. The third-order valence-corrected chi connectivity index (χ3v) is 5.49. The summed E-state index contributed by atoms with van der Waals surface area (Å²) in [6.45, 7) is 7.00. The summed E-state index contributed by atoms with van der Waals surface area (Å²) in [6, 6.07) is 18.6. The fourth-order valence-electron chi connectivity index (χ4n) is 3.68. The Morgan fingerprint density at radius 3 is 2.32 bits per heavy atom. The summed E-state index contributed by atoms with van der Waals surface area (Å²) in [5.41, 5.74) is 2.50. The molecule has 1 aliphatic rings. The Bertz CT molecular complexity index is 725. The highest BCUT2D eigenvalue weighted by molar-refractivity contribution is 5.78. The van der Waals surface area contributed by atoms with Gasteiger partial charge in [0, 0.05) is 44.3 Å². The van der Waals surface area contributed by atoms with Gasteiger partial charge in [0.25, 0.3) is 0 Å². The van der Waals surface area contributed by atoms with Gasteiger partial charge in [-0.05, 0) is 36.2 Å². The van der Waals surface area contributed by atoms with Gasteiger partial charge >= 0.3 is 0 Å². The van der Waals surface area contributed by atoms with Crippen molar-refractivity contribution in [2.24, 2.45) is 0 Å². The number of piperazine rings is 1. The van der Waals surface area contributed by atoms with Crippen molar-refractivity contribution in [2.75, 3.05) is 51.3 Å². The van der Waals surface area contributed by atoms with Crippen LogP contribution in [0.2, 0.25) is 0 Å². The van der Waals surface area contributed by atoms with E-state index in [9.17, 15) is 4.79 Å². The van der Waals surface area contributed by atoms with Gasteiger partial charge in [0.15, 0.2) is 0 Å². The molecule has 0 spiro atoms. The molecule has 5 nitrogen and oxygen atoms in total. The number of hydrogen-bond donors (Lipinski definition) is 1. The van der Waals surface area contributed by atoms with Crippen LogP contribution in [0.15, 0.2) is 54.6 Å². The minimum atomic E-state index is 0.118. The van der Waals surface area contributed by atoms with E-state index < -0.39 is 0 Å². The van der Waals surface area contributed by atoms with Crippen LogP contribution in [-0.4, -0.2) is 57.2 Å². The van der Waals surface area contributed by atoms with Crippen molar-refractivity contribution in [1.29, 1.82) is 0 Å². The van der Waals surface area contributed by atoms with E-state index in [0.29, 0.717) is 19.0 Å². The Hall–Kier alpha value is -2.53. The summed E-state index contributed by atoms with van der Waals surface area (Å²) in [5.74, 6) is 1.37. The van der Waals surface area contributed by atoms with Crippen LogP contribution >= 0.6 is 0 Å². The van der Waals surface area contributed by atoms with E-state index >= 15 is 0 Å². The van der Waals surface area contributed by atoms with Crippen LogP contribution in [0.4, 0.5) is 5.69 Å². The standard InChI is InChI=1S/C23H31N3O2/c1-3-19(20-7-5-4-6-8-20)17-24-23(27)18-25-13-15-26(16-14-25)21-9-11-22(28-2)12-10-21/h4-12,19H,3,13-18H2,1-2H3,(H,24,27). The summed E-state index contributed by atoms with van der Waals surface area (Å²) in [6.07, 6.45) is 1.02. The van der Waals surface area contributed by atoms with E-state index in [1.54, 1.807) is 7.11 Å². The molecule has 1 saturated heterocycles. The van der Waals surface area contributed by atoms with E-state index in [1.165, 1.54) is 11.3 Å². The molecule has 150 valence electrons. The van der Waals surface area contributed by atoms with Crippen LogP contribution < -0.4 is 15.0 Å². The van der Waals surface area contributed by atoms with Crippen molar-refractivity contribution in [3.63, 3.8) is 0 Å². The molecule has 0 saturated carbocycles. The molecule has 0 radical (unpaired) electrons. The largest absolute Gasteiger partial charge is 0.497 e. The first-order chi connectivity index (χ1) is 13.7. The van der Waals surface area contributed by atoms with Crippen LogP contribution in [0.1, 0.15) is 24.8 Å². The number of carbonyl (C=O) groups is 1. The second kappa shape index (κ2) is 10.1. The minimum Gasteiger partial charge on any atom is -0.497 e. The first kappa shape index (κ1) is 20.2. The molecule has 5 heteroatoms. The highest BCUT2D eigenvalue weighted by atomic mass is 16.5. The zero-order valence-electron chi connectivity index (χ0n) is 16.9. The zero-order chi connectivity index (χ0) is 19.8. The van der Waals surface area contributed by atoms with Crippen molar-refractivity contribution in [3.05, 3.63) is 60.2 Å². The Labute approximate surface area is 168 Å². The van der Waals surface area contributed by atoms with Gasteiger partial charge in [0.1, 0.15) is 5.75 Å². The van der Waals surface area contributed by atoms with Crippen LogP contribution in [0, 0.1) is 0 Å². The van der Waals surface area contributed by atoms with Crippen molar-refractivity contribution in [1.82, 2.24) is 10.2 Å². The Morgan fingerprint density at radius 1 is 1.04 bits per heavy atom. The molecule has 1 fully saturated rings. The van der Waals surface area contributed by atoms with Gasteiger partial charge in [0.2, 0.25) is 5.91 Å². The second-order valence-corrected chi connectivity index (χ2v) is 7.28. The topological polar surface area (TPSA) is 44.8 Å². The lowest BCUT2D eigenvalue weighted by Crippen LogP contribution is -2.49. The number of nitrogens with one attached hydrogen (secondary N) is 1. The molecule has 0 aromatic heterocycles. The van der Waals surface area contributed by atoms with Crippen LogP contribution in [0.25, 0.3) is 0 Å². The maximum absolute atomic E-state index is 12.4. The Kier molecular flexibility index (Phi) is 7.31. The highest BCUT2D eigenvalue weighted by Crippen LogP contribution is 2.20. The number of hydrogen-bond acceptors (Lipinski definition) is 4. The lowest BCUT2D eigenvalue weighted by molar-refractivity contribution is -0.122. The van der Waals surface area contributed by atoms with E-state index in [-0.39, 0.29) is 5.91 Å². The van der Waals surface area contributed by atoms with Gasteiger partial charge in [-0.1, -0.05) is 37.3 Å². The number of benzene rings is 2. The Balaban J connectivity index is 1.42. The molecular weight excluding hydrogens is 350 g/mol. The van der Waals surface area contributed by atoms with Crippen molar-refractivity contribution in [3.8, 4) is 5.75 Å². The molecule has 0 bridgehead atoms. The molecule has 3 rings (SSSR count). The number of methoxy groups -OCH3 is 1. The van der Waals surface area contributed by atoms with Crippen molar-refractivity contribution in [2.45, 2.75) is 19.3 Å². The first-order valence-electron chi connectivity index (χ1n) is 10.1. The molecule has 1 heterocycles. The fourth-order valence-corrected chi connectivity index (χ4v) is 3.68. The average molecular weight is 382 g/mol. The van der Waals surface area contributed by atoms with E-state index in [2.05, 4.69) is 58.4 Å². The summed E-state index contributed by atoms with van der Waals surface area (Å²) in [4.78, 5) is 17.0. The lowest BCUT2D eigenvalue weighted by Gasteiger charge is -2.35. The zero-order valence-corrected chi connectivity index (χ0v) is 16.9. The highest BCUT2D eigenvalue weighted by Gasteiger charge is 2.20. The van der Waals surface area contributed by atoms with Gasteiger partial charge in [-0.2, -0.15) is 0 Å². The fraction of sp³-hybridized carbons (Fsp3) is 0.435. The molecule has 1 unspecified atom stereocenters. The minimum absolute atomic E-state index is 0.118. The summed E-state index contributed by atoms with van der Waals surface area (Å²) < 4.78 is 5.22. The number of anilines is 1. The summed E-state index contributed by atoms with van der Waals surface area (Å²) in [7, 11) is 1.68. The molecule has 1 aliphatic heterocycles. The quantitative estimate of drug-likeness (QED) is 0.763. The van der Waals surface area contributed by atoms with Gasteiger partial charge < -0.3 is 15.0 Å². The van der Waals surface area contributed by atoms with E-state index in [0.717, 1.165) is 38.3 Å². The molecule has 0 aliphatic carbocycles. The maximum Gasteiger partial charge on any atom is 0.234 e. The summed E-state index contributed by atoms with van der Waals surface area (Å²) >= 11 is 0. The third-order valence-electron chi connectivity index (χ3n) is 5.49. The van der Waals surface area contributed by atoms with Crippen LogP contribution in [-0.2, 0) is 4.79 Å². The number of carbonyl (C=O) groups excluding carboxylic acids is 1. The number of rotatable bonds is 8. The van der Waals surface area contributed by atoms with Crippen molar-refractivity contribution >= 4 is 11.6 Å². The van der Waals surface area contributed by atoms with Crippen LogP contribution in [0.5, 0.6) is 5.75 Å². The van der Waals surface area contributed by atoms with Crippen molar-refractivity contribution < 1.29 is 9.53 Å². The van der Waals surface area contributed by atoms with Gasteiger partial charge in [-0.25, -0.2) is 0 Å². The lowest BCUT2D eigenvalue weighted by atomic mass is 9.96. The van der Waals surface area contributed by atoms with Gasteiger partial charge in [0.05, 0.1) is 13.7 Å². The van der Waals surface area contributed by atoms with E-state index in [4.69, 9.17) is 4.74 Å². The SMILES string of the molecule is CCC(CNC(=O)CN1CCN(c2ccc(OC)cc2)CC1)c1ccccc1. The normalized spacial score (nSPS) is 15.9. The average Bonchev–Trinajstić information content (AvgIpc) is 2.75. The monoisotopic (exact) mass is 381 g/mol. The maximum atomic E-state index is 12.4. The second-order valence-electron chi connectivity index (χ2n) is 7.28. The molecule has 1 amide bonds. The first-order valence-corrected chi connectivity index (χ1v) is 10.1. The predicted molar refractivity (Wildman–Crippen MR) is 114 cm³/mol. The molecule has 1 atom stereocenters. The Morgan fingerprint density at radius 2 is 1.71 bits per heavy atom.